The van der Waals surface area contributed by atoms with Gasteiger partial charge in [-0.15, -0.1) is 10.2 Å². The number of hydrogen-bond donors (Lipinski definition) is 3. The Labute approximate surface area is 115 Å². The lowest BCUT2D eigenvalue weighted by molar-refractivity contribution is -0.129. The standard InChI is InChI=1S/C13H14N4O3/c1-8(13(19)20)14-16-12-10(7-11(18)15-17-12)9-5-3-2-4-6-9/h2-6,10H,7H2,1H3,(H,15,18)(H,16,17)(H,19,20)/b14-8-. The summed E-state index contributed by atoms with van der Waals surface area (Å²) in [4.78, 5) is 22.2. The van der Waals surface area contributed by atoms with Crippen LogP contribution in [0.1, 0.15) is 24.8 Å². The molecule has 1 aliphatic rings. The fourth-order valence-electron chi connectivity index (χ4n) is 1.78. The molecule has 1 amide bonds. The number of hydrazine groups is 1. The largest absolute Gasteiger partial charge is 0.477 e. The van der Waals surface area contributed by atoms with Gasteiger partial charge in [-0.2, -0.15) is 0 Å². The second-order valence-electron chi connectivity index (χ2n) is 4.32. The van der Waals surface area contributed by atoms with Crippen molar-refractivity contribution in [3.8, 4) is 0 Å². The Kier molecular flexibility index (Phi) is 4.09. The first kappa shape index (κ1) is 13.7. The van der Waals surface area contributed by atoms with E-state index in [-0.39, 0.29) is 24.0 Å². The van der Waals surface area contributed by atoms with Crippen molar-refractivity contribution < 1.29 is 14.7 Å². The van der Waals surface area contributed by atoms with Crippen LogP contribution in [0.15, 0.2) is 40.5 Å². The Hall–Kier alpha value is -2.70. The van der Waals surface area contributed by atoms with E-state index in [0.717, 1.165) is 5.56 Å². The minimum absolute atomic E-state index is 0.122. The highest BCUT2D eigenvalue weighted by Crippen LogP contribution is 2.22. The predicted octanol–water partition coefficient (Wildman–Crippen LogP) is 0.654. The average Bonchev–Trinajstić information content (AvgIpc) is 2.46. The van der Waals surface area contributed by atoms with Gasteiger partial charge in [-0.25, -0.2) is 4.79 Å². The van der Waals surface area contributed by atoms with Gasteiger partial charge in [0.1, 0.15) is 5.71 Å². The summed E-state index contributed by atoms with van der Waals surface area (Å²) < 4.78 is 0. The summed E-state index contributed by atoms with van der Waals surface area (Å²) in [6.07, 6.45) is 0.234. The molecule has 7 heteroatoms. The van der Waals surface area contributed by atoms with Gasteiger partial charge in [0.15, 0.2) is 5.84 Å². The SMILES string of the molecule is C/C(=N/N=C1\NNC(=O)CC1c1ccccc1)C(=O)O. The quantitative estimate of drug-likeness (QED) is 0.556. The number of nitrogens with one attached hydrogen (secondary N) is 2. The average molecular weight is 274 g/mol. The molecule has 1 unspecified atom stereocenters. The molecule has 104 valence electrons. The van der Waals surface area contributed by atoms with Crippen LogP contribution in [0.25, 0.3) is 0 Å². The molecule has 1 aromatic rings. The lowest BCUT2D eigenvalue weighted by Gasteiger charge is -2.25. The first-order valence-corrected chi connectivity index (χ1v) is 6.03. The van der Waals surface area contributed by atoms with Crippen molar-refractivity contribution >= 4 is 23.4 Å². The number of aliphatic carboxylic acids is 1. The van der Waals surface area contributed by atoms with Gasteiger partial charge in [-0.3, -0.25) is 15.6 Å². The monoisotopic (exact) mass is 274 g/mol. The van der Waals surface area contributed by atoms with Gasteiger partial charge in [-0.05, 0) is 12.5 Å². The van der Waals surface area contributed by atoms with Crippen molar-refractivity contribution in [1.82, 2.24) is 10.9 Å². The van der Waals surface area contributed by atoms with Crippen LogP contribution in [0.3, 0.4) is 0 Å². The number of carboxylic acid groups (broad SMARTS) is 1. The van der Waals surface area contributed by atoms with E-state index in [1.807, 2.05) is 30.3 Å². The van der Waals surface area contributed by atoms with E-state index < -0.39 is 5.97 Å². The topological polar surface area (TPSA) is 103 Å². The molecule has 1 saturated heterocycles. The molecule has 0 radical (unpaired) electrons. The van der Waals surface area contributed by atoms with Crippen LogP contribution in [-0.2, 0) is 9.59 Å². The number of amides is 1. The fraction of sp³-hybridized carbons (Fsp3) is 0.231. The molecular weight excluding hydrogens is 260 g/mol. The summed E-state index contributed by atoms with van der Waals surface area (Å²) >= 11 is 0. The molecule has 7 nitrogen and oxygen atoms in total. The Morgan fingerprint density at radius 3 is 2.65 bits per heavy atom. The van der Waals surface area contributed by atoms with Crippen molar-refractivity contribution in [3.63, 3.8) is 0 Å². The molecule has 0 saturated carbocycles. The second-order valence-corrected chi connectivity index (χ2v) is 4.32. The third kappa shape index (κ3) is 3.19. The molecule has 2 rings (SSSR count). The van der Waals surface area contributed by atoms with Gasteiger partial charge >= 0.3 is 5.97 Å². The van der Waals surface area contributed by atoms with Crippen LogP contribution in [0.5, 0.6) is 0 Å². The number of hydrogen-bond acceptors (Lipinski definition) is 4. The minimum atomic E-state index is -1.13. The Bertz CT molecular complexity index is 581. The summed E-state index contributed by atoms with van der Waals surface area (Å²) in [5.41, 5.74) is 5.90. The molecule has 0 aliphatic carbocycles. The maximum Gasteiger partial charge on any atom is 0.351 e. The summed E-state index contributed by atoms with van der Waals surface area (Å²) in [5, 5.41) is 16.3. The highest BCUT2D eigenvalue weighted by Gasteiger charge is 2.26. The number of carbonyl (C=O) groups is 2. The normalized spacial score (nSPS) is 21.2. The molecule has 0 aromatic heterocycles. The maximum absolute atomic E-state index is 11.5. The lowest BCUT2D eigenvalue weighted by atomic mass is 9.93. The fourth-order valence-corrected chi connectivity index (χ4v) is 1.78. The van der Waals surface area contributed by atoms with Crippen LogP contribution in [-0.4, -0.2) is 28.5 Å². The van der Waals surface area contributed by atoms with E-state index in [2.05, 4.69) is 21.1 Å². The minimum Gasteiger partial charge on any atom is -0.477 e. The first-order valence-electron chi connectivity index (χ1n) is 6.03. The summed E-state index contributed by atoms with van der Waals surface area (Å²) in [6, 6.07) is 9.38. The van der Waals surface area contributed by atoms with E-state index in [1.165, 1.54) is 6.92 Å². The van der Waals surface area contributed by atoms with Crippen molar-refractivity contribution in [2.24, 2.45) is 10.2 Å². The Balaban J connectivity index is 2.30. The number of amidine groups is 1. The molecule has 1 heterocycles. The summed E-state index contributed by atoms with van der Waals surface area (Å²) in [7, 11) is 0. The zero-order valence-electron chi connectivity index (χ0n) is 10.8. The molecule has 1 fully saturated rings. The molecule has 0 spiro atoms. The van der Waals surface area contributed by atoms with E-state index in [1.54, 1.807) is 0 Å². The molecule has 3 N–H and O–H groups in total. The van der Waals surface area contributed by atoms with Crippen LogP contribution in [0.2, 0.25) is 0 Å². The van der Waals surface area contributed by atoms with Crippen LogP contribution in [0.4, 0.5) is 0 Å². The number of carbonyl (C=O) groups excluding carboxylic acids is 1. The van der Waals surface area contributed by atoms with E-state index in [9.17, 15) is 9.59 Å². The van der Waals surface area contributed by atoms with Crippen molar-refractivity contribution in [1.29, 1.82) is 0 Å². The van der Waals surface area contributed by atoms with Gasteiger partial charge in [0, 0.05) is 6.42 Å². The smallest absolute Gasteiger partial charge is 0.351 e. The molecule has 20 heavy (non-hydrogen) atoms. The molecule has 1 aliphatic heterocycles. The zero-order chi connectivity index (χ0) is 14.5. The number of benzene rings is 1. The van der Waals surface area contributed by atoms with Gasteiger partial charge in [0.2, 0.25) is 5.91 Å². The zero-order valence-corrected chi connectivity index (χ0v) is 10.8. The third-order valence-electron chi connectivity index (χ3n) is 2.87. The highest BCUT2D eigenvalue weighted by molar-refractivity contribution is 6.34. The van der Waals surface area contributed by atoms with E-state index >= 15 is 0 Å². The van der Waals surface area contributed by atoms with Crippen molar-refractivity contribution in [2.75, 3.05) is 0 Å². The predicted molar refractivity (Wildman–Crippen MR) is 73.3 cm³/mol. The molecular formula is C13H14N4O3. The van der Waals surface area contributed by atoms with Gasteiger partial charge in [0.05, 0.1) is 5.92 Å². The van der Waals surface area contributed by atoms with Gasteiger partial charge in [0.25, 0.3) is 0 Å². The van der Waals surface area contributed by atoms with Gasteiger partial charge < -0.3 is 5.11 Å². The lowest BCUT2D eigenvalue weighted by Crippen LogP contribution is -2.50. The third-order valence-corrected chi connectivity index (χ3v) is 2.87. The second kappa shape index (κ2) is 5.96. The number of carboxylic acids is 1. The number of rotatable bonds is 3. The maximum atomic E-state index is 11.5. The number of nitrogens with zero attached hydrogens (tertiary/aromatic N) is 2. The molecule has 1 aromatic carbocycles. The van der Waals surface area contributed by atoms with Crippen molar-refractivity contribution in [3.05, 3.63) is 35.9 Å². The van der Waals surface area contributed by atoms with E-state index in [0.29, 0.717) is 5.84 Å². The highest BCUT2D eigenvalue weighted by atomic mass is 16.4. The Morgan fingerprint density at radius 1 is 1.30 bits per heavy atom. The summed E-state index contributed by atoms with van der Waals surface area (Å²) in [5.74, 6) is -1.14. The van der Waals surface area contributed by atoms with Crippen LogP contribution in [0, 0.1) is 0 Å². The first-order chi connectivity index (χ1) is 9.58. The van der Waals surface area contributed by atoms with Gasteiger partial charge in [-0.1, -0.05) is 30.3 Å². The summed E-state index contributed by atoms with van der Waals surface area (Å²) in [6.45, 7) is 1.35. The Morgan fingerprint density at radius 2 is 2.00 bits per heavy atom. The van der Waals surface area contributed by atoms with Crippen LogP contribution < -0.4 is 10.9 Å². The van der Waals surface area contributed by atoms with Crippen molar-refractivity contribution in [2.45, 2.75) is 19.3 Å². The van der Waals surface area contributed by atoms with Crippen LogP contribution >= 0.6 is 0 Å². The molecule has 1 atom stereocenters. The molecule has 0 bridgehead atoms. The van der Waals surface area contributed by atoms with E-state index in [4.69, 9.17) is 5.11 Å².